The van der Waals surface area contributed by atoms with Gasteiger partial charge in [0.2, 0.25) is 0 Å². The first kappa shape index (κ1) is 16.0. The van der Waals surface area contributed by atoms with E-state index in [-0.39, 0.29) is 0 Å². The van der Waals surface area contributed by atoms with E-state index in [9.17, 15) is 0 Å². The van der Waals surface area contributed by atoms with Crippen LogP contribution in [0.1, 0.15) is 22.7 Å². The highest BCUT2D eigenvalue weighted by molar-refractivity contribution is 6.35. The first-order valence-corrected chi connectivity index (χ1v) is 8.88. The summed E-state index contributed by atoms with van der Waals surface area (Å²) in [7, 11) is 0. The number of nitrogens with one attached hydrogen (secondary N) is 1. The Bertz CT molecular complexity index is 1190. The van der Waals surface area contributed by atoms with E-state index in [4.69, 9.17) is 16.1 Å². The third-order valence-electron chi connectivity index (χ3n) is 4.46. The van der Waals surface area contributed by atoms with Gasteiger partial charge in [-0.1, -0.05) is 22.8 Å². The van der Waals surface area contributed by atoms with Gasteiger partial charge in [0.05, 0.1) is 29.8 Å². The number of benzene rings is 1. The van der Waals surface area contributed by atoms with Crippen LogP contribution in [0.25, 0.3) is 10.9 Å². The lowest BCUT2D eigenvalue weighted by molar-refractivity contribution is 0.388. The molecule has 1 N–H and O–H groups in total. The van der Waals surface area contributed by atoms with Gasteiger partial charge in [-0.25, -0.2) is 0 Å². The maximum atomic E-state index is 6.57. The molecule has 0 bridgehead atoms. The summed E-state index contributed by atoms with van der Waals surface area (Å²) in [5, 5.41) is 13.3. The van der Waals surface area contributed by atoms with Gasteiger partial charge < -0.3 is 9.84 Å². The van der Waals surface area contributed by atoms with Crippen LogP contribution in [0.2, 0.25) is 5.02 Å². The van der Waals surface area contributed by atoms with E-state index in [2.05, 4.69) is 25.5 Å². The molecule has 0 saturated carbocycles. The first-order valence-electron chi connectivity index (χ1n) is 8.50. The Labute approximate surface area is 159 Å². The molecule has 4 aromatic rings. The fourth-order valence-corrected chi connectivity index (χ4v) is 3.60. The molecule has 0 radical (unpaired) electrons. The summed E-state index contributed by atoms with van der Waals surface area (Å²) < 4.78 is 6.95. The minimum absolute atomic E-state index is 0.497. The van der Waals surface area contributed by atoms with E-state index in [1.54, 1.807) is 12.4 Å². The largest absolute Gasteiger partial charge is 0.361 e. The predicted octanol–water partition coefficient (Wildman–Crippen LogP) is 3.80. The fourth-order valence-electron chi connectivity index (χ4n) is 3.27. The second-order valence-corrected chi connectivity index (χ2v) is 6.84. The van der Waals surface area contributed by atoms with Gasteiger partial charge in [-0.2, -0.15) is 5.10 Å². The minimum atomic E-state index is 0.497. The van der Waals surface area contributed by atoms with Crippen molar-refractivity contribution in [2.45, 2.75) is 20.0 Å². The zero-order valence-corrected chi connectivity index (χ0v) is 15.2. The molecule has 0 atom stereocenters. The molecule has 0 fully saturated rings. The normalized spacial score (nSPS) is 13.0. The summed E-state index contributed by atoms with van der Waals surface area (Å²) in [6.45, 7) is 3.00. The zero-order chi connectivity index (χ0) is 18.4. The van der Waals surface area contributed by atoms with E-state index in [0.29, 0.717) is 18.1 Å². The zero-order valence-electron chi connectivity index (χ0n) is 14.5. The molecular formula is C19H15ClN6O. The van der Waals surface area contributed by atoms with Gasteiger partial charge in [0.15, 0.2) is 5.84 Å². The summed E-state index contributed by atoms with van der Waals surface area (Å²) in [5.74, 6) is 1.52. The van der Waals surface area contributed by atoms with E-state index < -0.39 is 0 Å². The average molecular weight is 379 g/mol. The van der Waals surface area contributed by atoms with Gasteiger partial charge >= 0.3 is 0 Å². The second-order valence-electron chi connectivity index (χ2n) is 6.43. The van der Waals surface area contributed by atoms with E-state index in [1.807, 2.05) is 41.9 Å². The number of fused-ring (bicyclic) bond motifs is 2. The van der Waals surface area contributed by atoms with Crippen molar-refractivity contribution in [3.8, 4) is 0 Å². The van der Waals surface area contributed by atoms with Gasteiger partial charge in [0.25, 0.3) is 0 Å². The first-order chi connectivity index (χ1) is 13.2. The highest BCUT2D eigenvalue weighted by atomic mass is 35.5. The molecule has 0 aliphatic carbocycles. The van der Waals surface area contributed by atoms with Crippen LogP contribution in [0, 0.1) is 6.92 Å². The molecule has 0 amide bonds. The molecule has 1 aromatic carbocycles. The van der Waals surface area contributed by atoms with Gasteiger partial charge in [-0.15, -0.1) is 0 Å². The predicted molar refractivity (Wildman–Crippen MR) is 103 cm³/mol. The highest BCUT2D eigenvalue weighted by Crippen LogP contribution is 2.29. The molecule has 8 heteroatoms. The van der Waals surface area contributed by atoms with Crippen molar-refractivity contribution in [1.82, 2.24) is 19.9 Å². The van der Waals surface area contributed by atoms with Crippen LogP contribution in [-0.4, -0.2) is 25.8 Å². The summed E-state index contributed by atoms with van der Waals surface area (Å²) in [4.78, 5) is 8.95. The quantitative estimate of drug-likeness (QED) is 0.586. The Kier molecular flexibility index (Phi) is 3.68. The highest BCUT2D eigenvalue weighted by Gasteiger charge is 2.18. The molecule has 3 aromatic heterocycles. The minimum Gasteiger partial charge on any atom is -0.361 e. The summed E-state index contributed by atoms with van der Waals surface area (Å²) in [6, 6.07) is 9.72. The summed E-state index contributed by atoms with van der Waals surface area (Å²) in [5.41, 5.74) is 4.50. The van der Waals surface area contributed by atoms with Gasteiger partial charge in [0.1, 0.15) is 17.1 Å². The van der Waals surface area contributed by atoms with Crippen LogP contribution in [-0.2, 0) is 13.1 Å². The van der Waals surface area contributed by atoms with E-state index in [0.717, 1.165) is 45.1 Å². The lowest BCUT2D eigenvalue weighted by Gasteiger charge is -2.09. The number of hydrogen-bond acceptors (Lipinski definition) is 6. The summed E-state index contributed by atoms with van der Waals surface area (Å²) in [6.07, 6.45) is 3.56. The molecule has 5 rings (SSSR count). The maximum Gasteiger partial charge on any atom is 0.152 e. The second kappa shape index (κ2) is 6.21. The number of rotatable bonds is 3. The Morgan fingerprint density at radius 3 is 3.07 bits per heavy atom. The van der Waals surface area contributed by atoms with Crippen LogP contribution < -0.4 is 5.32 Å². The number of halogens is 1. The van der Waals surface area contributed by atoms with Gasteiger partial charge in [0, 0.05) is 28.9 Å². The molecule has 27 heavy (non-hydrogen) atoms. The third-order valence-corrected chi connectivity index (χ3v) is 4.75. The van der Waals surface area contributed by atoms with Gasteiger partial charge in [-0.3, -0.25) is 14.7 Å². The molecule has 7 nitrogen and oxygen atoms in total. The lowest BCUT2D eigenvalue weighted by Crippen LogP contribution is -2.13. The maximum absolute atomic E-state index is 6.57. The van der Waals surface area contributed by atoms with Gasteiger partial charge in [-0.05, 0) is 25.1 Å². The van der Waals surface area contributed by atoms with Crippen molar-refractivity contribution in [3.05, 3.63) is 70.5 Å². The number of aromatic nitrogens is 4. The number of anilines is 1. The van der Waals surface area contributed by atoms with Crippen LogP contribution in [0.15, 0.2) is 52.2 Å². The molecule has 1 aliphatic heterocycles. The van der Waals surface area contributed by atoms with Crippen LogP contribution in [0.5, 0.6) is 0 Å². The van der Waals surface area contributed by atoms with Crippen molar-refractivity contribution in [1.29, 1.82) is 0 Å². The van der Waals surface area contributed by atoms with E-state index in [1.165, 1.54) is 0 Å². The summed E-state index contributed by atoms with van der Waals surface area (Å²) >= 11 is 6.57. The fraction of sp³-hybridized carbons (Fsp3) is 0.158. The third kappa shape index (κ3) is 2.86. The van der Waals surface area contributed by atoms with Crippen LogP contribution in [0.4, 0.5) is 5.69 Å². The molecule has 4 heterocycles. The number of aryl methyl sites for hydroxylation is 1. The topological polar surface area (TPSA) is 81.1 Å². The standard InChI is InChI=1S/C19H15ClN6O/c1-11-5-15(25-27-11)10-26-18-13(9-23-26)6-14(7-16(18)20)24-19-17-12(8-22-19)3-2-4-21-17/h2-7,9H,8,10H2,1H3,(H,22,24). The van der Waals surface area contributed by atoms with Crippen molar-refractivity contribution in [2.75, 3.05) is 5.32 Å². The molecule has 134 valence electrons. The van der Waals surface area contributed by atoms with Crippen molar-refractivity contribution in [2.24, 2.45) is 4.99 Å². The number of pyridine rings is 1. The van der Waals surface area contributed by atoms with Crippen LogP contribution in [0.3, 0.4) is 0 Å². The number of aliphatic imine (C=N–C) groups is 1. The van der Waals surface area contributed by atoms with Crippen molar-refractivity contribution < 1.29 is 4.52 Å². The van der Waals surface area contributed by atoms with E-state index >= 15 is 0 Å². The average Bonchev–Trinajstić information content (AvgIpc) is 3.36. The lowest BCUT2D eigenvalue weighted by atomic mass is 10.2. The molecule has 0 spiro atoms. The Morgan fingerprint density at radius 1 is 1.30 bits per heavy atom. The molecule has 1 aliphatic rings. The molecule has 0 saturated heterocycles. The Hall–Kier alpha value is -3.19. The Balaban J connectivity index is 1.46. The monoisotopic (exact) mass is 378 g/mol. The molecular weight excluding hydrogens is 364 g/mol. The number of hydrogen-bond donors (Lipinski definition) is 1. The SMILES string of the molecule is Cc1cc(Cn2ncc3cc(NC4=NCc5cccnc54)cc(Cl)c32)no1. The Morgan fingerprint density at radius 2 is 2.22 bits per heavy atom. The van der Waals surface area contributed by atoms with Crippen LogP contribution >= 0.6 is 11.6 Å². The number of amidine groups is 1. The van der Waals surface area contributed by atoms with Crippen molar-refractivity contribution in [3.63, 3.8) is 0 Å². The molecule has 0 unspecified atom stereocenters. The smallest absolute Gasteiger partial charge is 0.152 e. The van der Waals surface area contributed by atoms with Crippen molar-refractivity contribution >= 4 is 34.0 Å². The number of nitrogens with zero attached hydrogens (tertiary/aromatic N) is 5.